The molecule has 1 aliphatic heterocycles. The van der Waals surface area contributed by atoms with Gasteiger partial charge in [-0.2, -0.15) is 0 Å². The zero-order valence-corrected chi connectivity index (χ0v) is 14.4. The summed E-state index contributed by atoms with van der Waals surface area (Å²) in [6.45, 7) is 14.9. The lowest BCUT2D eigenvalue weighted by molar-refractivity contribution is 0.111. The normalized spacial score (nSPS) is 23.7. The number of hydrogen-bond acceptors (Lipinski definition) is 2. The van der Waals surface area contributed by atoms with E-state index in [0.29, 0.717) is 12.1 Å². The van der Waals surface area contributed by atoms with E-state index in [2.05, 4.69) is 63.0 Å². The largest absolute Gasteiger partial charge is 0.311 e. The molecule has 1 heterocycles. The van der Waals surface area contributed by atoms with Gasteiger partial charge in [0, 0.05) is 31.7 Å². The summed E-state index contributed by atoms with van der Waals surface area (Å²) < 4.78 is 0. The molecule has 1 aromatic carbocycles. The van der Waals surface area contributed by atoms with E-state index in [1.54, 1.807) is 0 Å². The molecule has 1 aliphatic rings. The predicted molar refractivity (Wildman–Crippen MR) is 91.7 cm³/mol. The third-order valence-electron chi connectivity index (χ3n) is 4.85. The van der Waals surface area contributed by atoms with E-state index in [9.17, 15) is 0 Å². The second kappa shape index (κ2) is 7.42. The SMILES string of the molecule is CCC1CNC(CC(C)C)CN1Cc1c(C)cccc1C. The summed E-state index contributed by atoms with van der Waals surface area (Å²) in [4.78, 5) is 2.71. The van der Waals surface area contributed by atoms with Crippen LogP contribution in [0.15, 0.2) is 18.2 Å². The van der Waals surface area contributed by atoms with Crippen LogP contribution >= 0.6 is 0 Å². The topological polar surface area (TPSA) is 15.3 Å². The minimum absolute atomic E-state index is 0.650. The Morgan fingerprint density at radius 2 is 1.90 bits per heavy atom. The molecule has 118 valence electrons. The van der Waals surface area contributed by atoms with Gasteiger partial charge in [-0.25, -0.2) is 0 Å². The third kappa shape index (κ3) is 4.31. The van der Waals surface area contributed by atoms with Crippen molar-refractivity contribution < 1.29 is 0 Å². The van der Waals surface area contributed by atoms with Crippen molar-refractivity contribution in [1.82, 2.24) is 10.2 Å². The molecule has 0 amide bonds. The van der Waals surface area contributed by atoms with Gasteiger partial charge in [-0.15, -0.1) is 0 Å². The monoisotopic (exact) mass is 288 g/mol. The Kier molecular flexibility index (Phi) is 5.83. The molecule has 0 saturated carbocycles. The molecule has 2 unspecified atom stereocenters. The number of nitrogens with one attached hydrogen (secondary N) is 1. The van der Waals surface area contributed by atoms with Crippen molar-refractivity contribution in [3.05, 3.63) is 34.9 Å². The van der Waals surface area contributed by atoms with Gasteiger partial charge in [0.2, 0.25) is 0 Å². The first-order chi connectivity index (χ1) is 10.0. The maximum atomic E-state index is 3.75. The van der Waals surface area contributed by atoms with Crippen molar-refractivity contribution in [2.45, 2.75) is 66.1 Å². The average Bonchev–Trinajstić information content (AvgIpc) is 2.43. The second-order valence-electron chi connectivity index (χ2n) is 7.10. The van der Waals surface area contributed by atoms with E-state index < -0.39 is 0 Å². The Labute approximate surface area is 130 Å². The van der Waals surface area contributed by atoms with E-state index in [-0.39, 0.29) is 0 Å². The molecule has 1 N–H and O–H groups in total. The summed E-state index contributed by atoms with van der Waals surface area (Å²) in [6, 6.07) is 7.99. The van der Waals surface area contributed by atoms with E-state index in [4.69, 9.17) is 0 Å². The minimum atomic E-state index is 0.650. The number of piperazine rings is 1. The quantitative estimate of drug-likeness (QED) is 0.884. The Balaban J connectivity index is 2.10. The molecule has 0 bridgehead atoms. The molecule has 0 radical (unpaired) electrons. The summed E-state index contributed by atoms with van der Waals surface area (Å²) in [6.07, 6.45) is 2.51. The van der Waals surface area contributed by atoms with Crippen LogP contribution in [0.5, 0.6) is 0 Å². The van der Waals surface area contributed by atoms with Crippen LogP contribution in [0.1, 0.15) is 50.3 Å². The van der Waals surface area contributed by atoms with E-state index in [1.807, 2.05) is 0 Å². The highest BCUT2D eigenvalue weighted by molar-refractivity contribution is 5.33. The molecule has 1 saturated heterocycles. The van der Waals surface area contributed by atoms with Crippen molar-refractivity contribution >= 4 is 0 Å². The van der Waals surface area contributed by atoms with Crippen LogP contribution in [0.3, 0.4) is 0 Å². The van der Waals surface area contributed by atoms with Crippen LogP contribution in [-0.4, -0.2) is 30.1 Å². The van der Waals surface area contributed by atoms with Gasteiger partial charge < -0.3 is 5.32 Å². The number of benzene rings is 1. The fraction of sp³-hybridized carbons (Fsp3) is 0.684. The van der Waals surface area contributed by atoms with Crippen LogP contribution in [0.2, 0.25) is 0 Å². The van der Waals surface area contributed by atoms with Crippen molar-refractivity contribution in [2.75, 3.05) is 13.1 Å². The molecule has 21 heavy (non-hydrogen) atoms. The summed E-state index contributed by atoms with van der Waals surface area (Å²) >= 11 is 0. The molecular weight excluding hydrogens is 256 g/mol. The van der Waals surface area contributed by atoms with Gasteiger partial charge in [-0.1, -0.05) is 39.0 Å². The Hall–Kier alpha value is -0.860. The van der Waals surface area contributed by atoms with Crippen LogP contribution in [0.4, 0.5) is 0 Å². The Morgan fingerprint density at radius 3 is 2.48 bits per heavy atom. The fourth-order valence-electron chi connectivity index (χ4n) is 3.55. The van der Waals surface area contributed by atoms with Crippen LogP contribution in [0.25, 0.3) is 0 Å². The first kappa shape index (κ1) is 16.5. The standard InChI is InChI=1S/C19H32N2/c1-6-18-11-20-17(10-14(2)3)12-21(18)13-19-15(4)8-7-9-16(19)5/h7-9,14,17-18,20H,6,10-13H2,1-5H3. The Morgan fingerprint density at radius 1 is 1.24 bits per heavy atom. The van der Waals surface area contributed by atoms with Crippen molar-refractivity contribution in [2.24, 2.45) is 5.92 Å². The van der Waals surface area contributed by atoms with E-state index in [1.165, 1.54) is 36.1 Å². The molecule has 2 atom stereocenters. The lowest BCUT2D eigenvalue weighted by atomic mass is 9.96. The average molecular weight is 288 g/mol. The number of rotatable bonds is 5. The van der Waals surface area contributed by atoms with E-state index >= 15 is 0 Å². The molecule has 2 rings (SSSR count). The summed E-state index contributed by atoms with van der Waals surface area (Å²) in [5.41, 5.74) is 4.40. The molecule has 2 heteroatoms. The maximum Gasteiger partial charge on any atom is 0.0243 e. The summed E-state index contributed by atoms with van der Waals surface area (Å²) in [7, 11) is 0. The van der Waals surface area contributed by atoms with Gasteiger partial charge >= 0.3 is 0 Å². The van der Waals surface area contributed by atoms with Gasteiger partial charge in [-0.05, 0) is 49.3 Å². The summed E-state index contributed by atoms with van der Waals surface area (Å²) in [5, 5.41) is 3.75. The zero-order chi connectivity index (χ0) is 15.4. The minimum Gasteiger partial charge on any atom is -0.311 e. The first-order valence-corrected chi connectivity index (χ1v) is 8.53. The van der Waals surface area contributed by atoms with Gasteiger partial charge in [0.15, 0.2) is 0 Å². The van der Waals surface area contributed by atoms with Crippen LogP contribution in [0, 0.1) is 19.8 Å². The zero-order valence-electron chi connectivity index (χ0n) is 14.4. The van der Waals surface area contributed by atoms with Gasteiger partial charge in [0.25, 0.3) is 0 Å². The molecular formula is C19H32N2. The van der Waals surface area contributed by atoms with Crippen molar-refractivity contribution in [3.63, 3.8) is 0 Å². The second-order valence-corrected chi connectivity index (χ2v) is 7.10. The van der Waals surface area contributed by atoms with Crippen molar-refractivity contribution in [3.8, 4) is 0 Å². The number of hydrogen-bond donors (Lipinski definition) is 1. The van der Waals surface area contributed by atoms with Gasteiger partial charge in [0.05, 0.1) is 0 Å². The lowest BCUT2D eigenvalue weighted by Gasteiger charge is -2.41. The summed E-state index contributed by atoms with van der Waals surface area (Å²) in [5.74, 6) is 0.766. The molecule has 0 spiro atoms. The number of nitrogens with zero attached hydrogens (tertiary/aromatic N) is 1. The fourth-order valence-corrected chi connectivity index (χ4v) is 3.55. The predicted octanol–water partition coefficient (Wildman–Crippen LogP) is 3.90. The Bertz CT molecular complexity index is 433. The molecule has 1 fully saturated rings. The van der Waals surface area contributed by atoms with Gasteiger partial charge in [-0.3, -0.25) is 4.90 Å². The highest BCUT2D eigenvalue weighted by atomic mass is 15.2. The number of aryl methyl sites for hydroxylation is 2. The third-order valence-corrected chi connectivity index (χ3v) is 4.85. The lowest BCUT2D eigenvalue weighted by Crippen LogP contribution is -2.56. The molecule has 0 aromatic heterocycles. The first-order valence-electron chi connectivity index (χ1n) is 8.53. The molecule has 2 nitrogen and oxygen atoms in total. The van der Waals surface area contributed by atoms with Crippen LogP contribution < -0.4 is 5.32 Å². The smallest absolute Gasteiger partial charge is 0.0243 e. The maximum absolute atomic E-state index is 3.75. The van der Waals surface area contributed by atoms with Gasteiger partial charge in [0.1, 0.15) is 0 Å². The van der Waals surface area contributed by atoms with Crippen LogP contribution in [-0.2, 0) is 6.54 Å². The van der Waals surface area contributed by atoms with E-state index in [0.717, 1.165) is 19.0 Å². The molecule has 0 aliphatic carbocycles. The highest BCUT2D eigenvalue weighted by Crippen LogP contribution is 2.21. The molecule has 1 aromatic rings. The van der Waals surface area contributed by atoms with Crippen molar-refractivity contribution in [1.29, 1.82) is 0 Å². The highest BCUT2D eigenvalue weighted by Gasteiger charge is 2.27.